The van der Waals surface area contributed by atoms with Crippen LogP contribution in [0.3, 0.4) is 0 Å². The lowest BCUT2D eigenvalue weighted by Gasteiger charge is -2.09. The predicted molar refractivity (Wildman–Crippen MR) is 89.7 cm³/mol. The number of para-hydroxylation sites is 1. The lowest BCUT2D eigenvalue weighted by atomic mass is 10.2. The third-order valence-electron chi connectivity index (χ3n) is 3.03. The lowest BCUT2D eigenvalue weighted by molar-refractivity contribution is 0.765. The van der Waals surface area contributed by atoms with E-state index >= 15 is 0 Å². The van der Waals surface area contributed by atoms with Gasteiger partial charge in [0.1, 0.15) is 10.9 Å². The van der Waals surface area contributed by atoms with Gasteiger partial charge in [0.2, 0.25) is 0 Å². The zero-order chi connectivity index (χ0) is 14.8. The molecule has 4 nitrogen and oxygen atoms in total. The first-order valence-electron chi connectivity index (χ1n) is 6.73. The highest BCUT2D eigenvalue weighted by atomic mass is 32.2. The van der Waals surface area contributed by atoms with Crippen LogP contribution in [-0.2, 0) is 5.75 Å². The second kappa shape index (κ2) is 5.99. The average Bonchev–Trinajstić information content (AvgIpc) is 2.90. The summed E-state index contributed by atoms with van der Waals surface area (Å²) < 4.78 is 0. The van der Waals surface area contributed by atoms with Crippen molar-refractivity contribution in [1.82, 2.24) is 15.0 Å². The first-order chi connectivity index (χ1) is 10.1. The number of nitrogens with zero attached hydrogens (tertiary/aromatic N) is 3. The van der Waals surface area contributed by atoms with Gasteiger partial charge < -0.3 is 5.73 Å². The Morgan fingerprint density at radius 3 is 2.71 bits per heavy atom. The van der Waals surface area contributed by atoms with Gasteiger partial charge in [-0.1, -0.05) is 43.8 Å². The van der Waals surface area contributed by atoms with Gasteiger partial charge in [0.05, 0.1) is 11.2 Å². The summed E-state index contributed by atoms with van der Waals surface area (Å²) in [5, 5.41) is 4.71. The number of hydrogen-bond donors (Lipinski definition) is 1. The number of thioether (sulfide) groups is 1. The number of thiazole rings is 1. The molecule has 1 aromatic carbocycles. The van der Waals surface area contributed by atoms with Gasteiger partial charge in [-0.25, -0.2) is 15.0 Å². The first kappa shape index (κ1) is 14.3. The highest BCUT2D eigenvalue weighted by molar-refractivity contribution is 7.98. The number of aromatic nitrogens is 3. The van der Waals surface area contributed by atoms with Gasteiger partial charge in [-0.3, -0.25) is 0 Å². The van der Waals surface area contributed by atoms with Gasteiger partial charge >= 0.3 is 0 Å². The number of benzene rings is 1. The third kappa shape index (κ3) is 3.16. The van der Waals surface area contributed by atoms with E-state index in [2.05, 4.69) is 29.9 Å². The molecule has 0 radical (unpaired) electrons. The minimum Gasteiger partial charge on any atom is -0.375 e. The van der Waals surface area contributed by atoms with E-state index < -0.39 is 0 Å². The number of anilines is 1. The number of hydrogen-bond acceptors (Lipinski definition) is 6. The highest BCUT2D eigenvalue weighted by Gasteiger charge is 2.11. The van der Waals surface area contributed by atoms with Crippen LogP contribution in [0.2, 0.25) is 0 Å². The third-order valence-corrected chi connectivity index (χ3v) is 4.78. The monoisotopic (exact) mass is 316 g/mol. The van der Waals surface area contributed by atoms with E-state index in [1.54, 1.807) is 11.8 Å². The molecule has 0 saturated heterocycles. The van der Waals surface area contributed by atoms with Gasteiger partial charge in [0, 0.05) is 22.4 Å². The van der Waals surface area contributed by atoms with Gasteiger partial charge in [0.15, 0.2) is 5.13 Å². The van der Waals surface area contributed by atoms with Crippen molar-refractivity contribution >= 4 is 39.1 Å². The molecule has 0 unspecified atom stereocenters. The molecule has 108 valence electrons. The summed E-state index contributed by atoms with van der Waals surface area (Å²) in [4.78, 5) is 13.7. The maximum absolute atomic E-state index is 5.67. The summed E-state index contributed by atoms with van der Waals surface area (Å²) in [7, 11) is 0. The quantitative estimate of drug-likeness (QED) is 0.580. The molecular weight excluding hydrogens is 300 g/mol. The molecule has 0 spiro atoms. The Morgan fingerprint density at radius 1 is 1.19 bits per heavy atom. The van der Waals surface area contributed by atoms with Crippen molar-refractivity contribution in [3.63, 3.8) is 0 Å². The fourth-order valence-electron chi connectivity index (χ4n) is 1.96. The summed E-state index contributed by atoms with van der Waals surface area (Å²) in [6.07, 6.45) is 0. The summed E-state index contributed by atoms with van der Waals surface area (Å²) in [6, 6.07) is 8.13. The number of fused-ring (bicyclic) bond motifs is 1. The highest BCUT2D eigenvalue weighted by Crippen LogP contribution is 2.29. The van der Waals surface area contributed by atoms with Crippen LogP contribution >= 0.6 is 23.1 Å². The average molecular weight is 316 g/mol. The molecule has 0 aliphatic carbocycles. The standard InChI is InChI=1S/C15H16N4S2/c1-9(2)13-18-12-6-4-3-5-11(12)14(19-13)20-7-10-8-21-15(16)17-10/h3-6,8-9H,7H2,1-2H3,(H2,16,17). The van der Waals surface area contributed by atoms with Crippen LogP contribution in [-0.4, -0.2) is 15.0 Å². The molecule has 21 heavy (non-hydrogen) atoms. The fraction of sp³-hybridized carbons (Fsp3) is 0.267. The number of nitrogen functional groups attached to an aromatic ring is 1. The van der Waals surface area contributed by atoms with Crippen LogP contribution < -0.4 is 5.73 Å². The van der Waals surface area contributed by atoms with Crippen LogP contribution in [0.15, 0.2) is 34.7 Å². The van der Waals surface area contributed by atoms with Crippen molar-refractivity contribution in [2.75, 3.05) is 5.73 Å². The summed E-state index contributed by atoms with van der Waals surface area (Å²) in [5.74, 6) is 1.96. The molecule has 0 saturated carbocycles. The van der Waals surface area contributed by atoms with Crippen molar-refractivity contribution in [2.45, 2.75) is 30.5 Å². The molecule has 0 fully saturated rings. The van der Waals surface area contributed by atoms with Crippen molar-refractivity contribution < 1.29 is 0 Å². The molecule has 6 heteroatoms. The van der Waals surface area contributed by atoms with Gasteiger partial charge in [-0.15, -0.1) is 11.3 Å². The van der Waals surface area contributed by atoms with Gasteiger partial charge in [-0.05, 0) is 6.07 Å². The van der Waals surface area contributed by atoms with Crippen molar-refractivity contribution in [2.24, 2.45) is 0 Å². The van der Waals surface area contributed by atoms with Crippen LogP contribution in [0.1, 0.15) is 31.3 Å². The second-order valence-corrected chi connectivity index (χ2v) is 6.88. The SMILES string of the molecule is CC(C)c1nc(SCc2csc(N)n2)c2ccccc2n1. The van der Waals surface area contributed by atoms with Crippen molar-refractivity contribution in [3.05, 3.63) is 41.2 Å². The Kier molecular flexibility index (Phi) is 4.07. The summed E-state index contributed by atoms with van der Waals surface area (Å²) in [6.45, 7) is 4.22. The Hall–Kier alpha value is -1.66. The van der Waals surface area contributed by atoms with E-state index in [-0.39, 0.29) is 0 Å². The number of rotatable bonds is 4. The van der Waals surface area contributed by atoms with Crippen LogP contribution in [0.5, 0.6) is 0 Å². The van der Waals surface area contributed by atoms with E-state index in [1.807, 2.05) is 23.6 Å². The van der Waals surface area contributed by atoms with Crippen molar-refractivity contribution in [1.29, 1.82) is 0 Å². The molecule has 3 rings (SSSR count). The predicted octanol–water partition coefficient (Wildman–Crippen LogP) is 4.08. The van der Waals surface area contributed by atoms with Crippen molar-refractivity contribution in [3.8, 4) is 0 Å². The summed E-state index contributed by atoms with van der Waals surface area (Å²) in [5.41, 5.74) is 7.67. The molecular formula is C15H16N4S2. The molecule has 0 aliphatic rings. The second-order valence-electron chi connectivity index (χ2n) is 5.02. The molecule has 0 amide bonds. The topological polar surface area (TPSA) is 64.7 Å². The Morgan fingerprint density at radius 2 is 2.00 bits per heavy atom. The zero-order valence-electron chi connectivity index (χ0n) is 11.9. The van der Waals surface area contributed by atoms with E-state index in [4.69, 9.17) is 10.7 Å². The van der Waals surface area contributed by atoms with Crippen LogP contribution in [0, 0.1) is 0 Å². The molecule has 3 aromatic rings. The smallest absolute Gasteiger partial charge is 0.180 e. The zero-order valence-corrected chi connectivity index (χ0v) is 13.5. The largest absolute Gasteiger partial charge is 0.375 e. The van der Waals surface area contributed by atoms with E-state index in [1.165, 1.54) is 11.3 Å². The normalized spacial score (nSPS) is 11.4. The molecule has 0 atom stereocenters. The lowest BCUT2D eigenvalue weighted by Crippen LogP contribution is -2.00. The van der Waals surface area contributed by atoms with Gasteiger partial charge in [0.25, 0.3) is 0 Å². The molecule has 2 heterocycles. The van der Waals surface area contributed by atoms with Crippen LogP contribution in [0.25, 0.3) is 10.9 Å². The molecule has 2 N–H and O–H groups in total. The molecule has 0 aliphatic heterocycles. The first-order valence-corrected chi connectivity index (χ1v) is 8.59. The number of nitrogens with two attached hydrogens (primary N) is 1. The molecule has 0 bridgehead atoms. The molecule has 2 aromatic heterocycles. The Bertz CT molecular complexity index is 767. The van der Waals surface area contributed by atoms with Crippen LogP contribution in [0.4, 0.5) is 5.13 Å². The maximum Gasteiger partial charge on any atom is 0.180 e. The minimum absolute atomic E-state index is 0.309. The Labute approximate surface area is 131 Å². The maximum atomic E-state index is 5.67. The van der Waals surface area contributed by atoms with E-state index in [0.29, 0.717) is 11.0 Å². The fourth-order valence-corrected chi connectivity index (χ4v) is 3.55. The van der Waals surface area contributed by atoms with E-state index in [9.17, 15) is 0 Å². The van der Waals surface area contributed by atoms with E-state index in [0.717, 1.165) is 33.2 Å². The van der Waals surface area contributed by atoms with Gasteiger partial charge in [-0.2, -0.15) is 0 Å². The summed E-state index contributed by atoms with van der Waals surface area (Å²) >= 11 is 3.16. The minimum atomic E-state index is 0.309. The Balaban J connectivity index is 1.95.